The third-order valence-electron chi connectivity index (χ3n) is 0.707. The second kappa shape index (κ2) is 9.20. The third kappa shape index (κ3) is 8.83. The van der Waals surface area contributed by atoms with E-state index in [0.717, 1.165) is 0 Å². The van der Waals surface area contributed by atoms with Crippen LogP contribution in [-0.4, -0.2) is 22.0 Å². The summed E-state index contributed by atoms with van der Waals surface area (Å²) in [5.74, 6) is 0. The maximum atomic E-state index is 2.21. The van der Waals surface area contributed by atoms with Crippen LogP contribution >= 0.6 is 0 Å². The zero-order valence-corrected chi connectivity index (χ0v) is 5.50. The summed E-state index contributed by atoms with van der Waals surface area (Å²) in [7, 11) is 4.94. The molecular weight excluding hydrogens is 115 g/mol. The van der Waals surface area contributed by atoms with Crippen molar-refractivity contribution in [3.05, 3.63) is 0 Å². The molecule has 0 aliphatic rings. The molecule has 0 aromatic heterocycles. The van der Waals surface area contributed by atoms with E-state index >= 15 is 0 Å². The van der Waals surface area contributed by atoms with Crippen LogP contribution in [-0.2, 0) is 16.8 Å². The van der Waals surface area contributed by atoms with Crippen LogP contribution in [0.3, 0.4) is 0 Å². The first-order valence-corrected chi connectivity index (χ1v) is 2.41. The van der Waals surface area contributed by atoms with Gasteiger partial charge in [-0.25, -0.2) is 0 Å². The minimum atomic E-state index is 0. The Balaban J connectivity index is 0. The minimum absolute atomic E-state index is 0. The summed E-state index contributed by atoms with van der Waals surface area (Å²) in [5.41, 5.74) is 0. The van der Waals surface area contributed by atoms with Gasteiger partial charge in [-0.2, -0.15) is 0 Å². The second-order valence-corrected chi connectivity index (χ2v) is 1.35. The number of hydrogen-bond acceptors (Lipinski definition) is 0. The Kier molecular flexibility index (Phi) is 15.1. The quantitative estimate of drug-likeness (QED) is 0.404. The maximum absolute atomic E-state index is 2.21. The minimum Gasteiger partial charge on any atom is -0.0881 e. The van der Waals surface area contributed by atoms with Crippen LogP contribution in [0.4, 0.5) is 0 Å². The first-order chi connectivity index (χ1) is 2.41. The van der Waals surface area contributed by atoms with Crippen LogP contribution in [0.15, 0.2) is 0 Å². The zero-order valence-electron chi connectivity index (χ0n) is 4.45. The Bertz CT molecular complexity index is 16.3. The van der Waals surface area contributed by atoms with E-state index in [0.29, 0.717) is 0 Å². The van der Waals surface area contributed by atoms with Crippen molar-refractivity contribution in [3.8, 4) is 0 Å². The van der Waals surface area contributed by atoms with E-state index in [1.165, 1.54) is 20.6 Å². The Morgan fingerprint density at radius 1 is 1.67 bits per heavy atom. The molecule has 0 aromatic carbocycles. The molecule has 0 nitrogen and oxygen atoms in total. The van der Waals surface area contributed by atoms with Gasteiger partial charge in [0.05, 0.1) is 22.0 Å². The van der Waals surface area contributed by atoms with Gasteiger partial charge in [-0.1, -0.05) is 13.2 Å². The molecular formula is C2H9B3Co. The van der Waals surface area contributed by atoms with Crippen molar-refractivity contribution in [2.45, 2.75) is 13.2 Å². The van der Waals surface area contributed by atoms with Crippen molar-refractivity contribution in [2.24, 2.45) is 0 Å². The first kappa shape index (κ1) is 9.86. The first-order valence-electron chi connectivity index (χ1n) is 2.41. The second-order valence-electron chi connectivity index (χ2n) is 1.35. The molecule has 0 aromatic rings. The predicted molar refractivity (Wildman–Crippen MR) is 33.3 cm³/mol. The Labute approximate surface area is 52.5 Å². The molecule has 0 aliphatic heterocycles. The van der Waals surface area contributed by atoms with E-state index in [2.05, 4.69) is 14.7 Å². The Hall–Kier alpha value is 0.701. The molecule has 6 heavy (non-hydrogen) atoms. The molecule has 0 amide bonds. The summed E-state index contributed by atoms with van der Waals surface area (Å²) in [6, 6.07) is 0. The van der Waals surface area contributed by atoms with Gasteiger partial charge in [0.15, 0.2) is 0 Å². The largest absolute Gasteiger partial charge is 0.0881 e. The summed E-state index contributed by atoms with van der Waals surface area (Å²) < 4.78 is 0. The Morgan fingerprint density at radius 2 is 2.17 bits per heavy atom. The van der Waals surface area contributed by atoms with Gasteiger partial charge in [-0.3, -0.25) is 0 Å². The predicted octanol–water partition coefficient (Wildman–Crippen LogP) is -1.24. The molecule has 0 heterocycles. The number of rotatable bonds is 2. The molecule has 0 saturated carbocycles. The van der Waals surface area contributed by atoms with E-state index < -0.39 is 0 Å². The average molecular weight is 124 g/mol. The molecule has 0 rings (SSSR count). The van der Waals surface area contributed by atoms with Crippen molar-refractivity contribution in [2.75, 3.05) is 0 Å². The third-order valence-corrected chi connectivity index (χ3v) is 0.707. The fourth-order valence-electron chi connectivity index (χ4n) is 0.354. The van der Waals surface area contributed by atoms with E-state index in [4.69, 9.17) is 0 Å². The van der Waals surface area contributed by atoms with Crippen molar-refractivity contribution in [1.82, 2.24) is 0 Å². The van der Waals surface area contributed by atoms with Gasteiger partial charge < -0.3 is 0 Å². The van der Waals surface area contributed by atoms with Gasteiger partial charge in [-0.15, -0.1) is 0 Å². The molecule has 0 unspecified atom stereocenters. The molecule has 0 fully saturated rings. The molecule has 35 valence electrons. The normalized spacial score (nSPS) is 5.50. The molecule has 0 spiro atoms. The van der Waals surface area contributed by atoms with Crippen LogP contribution in [0.1, 0.15) is 6.92 Å². The number of hydrogen-bond donors (Lipinski definition) is 0. The molecule has 0 atom stereocenters. The summed E-state index contributed by atoms with van der Waals surface area (Å²) in [6.07, 6.45) is 1.34. The fraction of sp³-hybridized carbons (Fsp3) is 1.00. The van der Waals surface area contributed by atoms with E-state index in [1.807, 2.05) is 0 Å². The van der Waals surface area contributed by atoms with Gasteiger partial charge in [0.1, 0.15) is 0 Å². The molecule has 0 saturated heterocycles. The summed E-state index contributed by atoms with van der Waals surface area (Å²) in [5, 5.41) is 0. The molecule has 4 heteroatoms. The zero-order chi connectivity index (χ0) is 4.12. The standard InChI is InChI=1S/C2H9B3.Co/c1-2-4-5-3;/h4-5H,2-3H2,1H3;. The van der Waals surface area contributed by atoms with Gasteiger partial charge in [0, 0.05) is 16.8 Å². The fourth-order valence-corrected chi connectivity index (χ4v) is 0.354. The monoisotopic (exact) mass is 125 g/mol. The van der Waals surface area contributed by atoms with E-state index in [9.17, 15) is 0 Å². The van der Waals surface area contributed by atoms with Crippen LogP contribution < -0.4 is 0 Å². The average Bonchev–Trinajstić information content (AvgIpc) is 1.41. The topological polar surface area (TPSA) is 0 Å². The smallest absolute Gasteiger partial charge is 0.0776 e. The maximum Gasteiger partial charge on any atom is 0.0776 e. The van der Waals surface area contributed by atoms with Gasteiger partial charge >= 0.3 is 0 Å². The summed E-state index contributed by atoms with van der Waals surface area (Å²) >= 11 is 0. The molecule has 0 N–H and O–H groups in total. The van der Waals surface area contributed by atoms with Gasteiger partial charge in [0.25, 0.3) is 0 Å². The molecule has 0 bridgehead atoms. The van der Waals surface area contributed by atoms with Crippen LogP contribution in [0, 0.1) is 0 Å². The SMILES string of the molecule is BBBCC.[Co]. The van der Waals surface area contributed by atoms with Gasteiger partial charge in [-0.05, 0) is 0 Å². The van der Waals surface area contributed by atoms with Crippen molar-refractivity contribution >= 4 is 22.0 Å². The van der Waals surface area contributed by atoms with E-state index in [1.54, 1.807) is 0 Å². The summed E-state index contributed by atoms with van der Waals surface area (Å²) in [6.45, 7) is 2.21. The van der Waals surface area contributed by atoms with Crippen molar-refractivity contribution in [1.29, 1.82) is 0 Å². The summed E-state index contributed by atoms with van der Waals surface area (Å²) in [4.78, 5) is 0. The van der Waals surface area contributed by atoms with E-state index in [-0.39, 0.29) is 16.8 Å². The van der Waals surface area contributed by atoms with Crippen molar-refractivity contribution < 1.29 is 16.8 Å². The van der Waals surface area contributed by atoms with Crippen molar-refractivity contribution in [3.63, 3.8) is 0 Å². The Morgan fingerprint density at radius 3 is 2.17 bits per heavy atom. The van der Waals surface area contributed by atoms with Crippen LogP contribution in [0.5, 0.6) is 0 Å². The van der Waals surface area contributed by atoms with Crippen LogP contribution in [0.2, 0.25) is 6.32 Å². The molecule has 0 aliphatic carbocycles. The van der Waals surface area contributed by atoms with Crippen LogP contribution in [0.25, 0.3) is 0 Å². The molecule has 1 radical (unpaired) electrons. The van der Waals surface area contributed by atoms with Gasteiger partial charge in [0.2, 0.25) is 0 Å².